The van der Waals surface area contributed by atoms with Crippen molar-refractivity contribution in [2.75, 3.05) is 6.54 Å². The topological polar surface area (TPSA) is 29.9 Å². The Morgan fingerprint density at radius 3 is 3.05 bits per heavy atom. The van der Waals surface area contributed by atoms with Crippen LogP contribution >= 0.6 is 0 Å². The van der Waals surface area contributed by atoms with E-state index in [9.17, 15) is 0 Å². The molecule has 1 aromatic carbocycles. The average Bonchev–Trinajstić information content (AvgIpc) is 3.17. The molecular formula is C16H21N3. The van der Waals surface area contributed by atoms with Gasteiger partial charge in [0.05, 0.1) is 6.33 Å². The number of aryl methyl sites for hydroxylation is 1. The van der Waals surface area contributed by atoms with Crippen molar-refractivity contribution in [1.82, 2.24) is 14.9 Å². The highest BCUT2D eigenvalue weighted by Crippen LogP contribution is 2.40. The lowest BCUT2D eigenvalue weighted by Crippen LogP contribution is -2.16. The molecule has 19 heavy (non-hydrogen) atoms. The molecule has 0 unspecified atom stereocenters. The van der Waals surface area contributed by atoms with Crippen LogP contribution < -0.4 is 5.32 Å². The Balaban J connectivity index is 1.38. The van der Waals surface area contributed by atoms with Crippen molar-refractivity contribution in [2.24, 2.45) is 0 Å². The maximum Gasteiger partial charge on any atom is 0.0945 e. The Hall–Kier alpha value is -1.61. The summed E-state index contributed by atoms with van der Waals surface area (Å²) in [5.41, 5.74) is 2.93. The van der Waals surface area contributed by atoms with Crippen LogP contribution in [0.1, 0.15) is 36.3 Å². The van der Waals surface area contributed by atoms with Gasteiger partial charge in [0.15, 0.2) is 0 Å². The molecule has 0 radical (unpaired) electrons. The van der Waals surface area contributed by atoms with Gasteiger partial charge in [-0.25, -0.2) is 4.98 Å². The molecule has 0 spiro atoms. The van der Waals surface area contributed by atoms with E-state index in [2.05, 4.69) is 39.1 Å². The summed E-state index contributed by atoms with van der Waals surface area (Å²) >= 11 is 0. The second kappa shape index (κ2) is 6.02. The van der Waals surface area contributed by atoms with Gasteiger partial charge in [0.1, 0.15) is 0 Å². The number of aromatic nitrogens is 2. The number of nitrogens with zero attached hydrogens (tertiary/aromatic N) is 2. The second-order valence-corrected chi connectivity index (χ2v) is 5.35. The Bertz CT molecular complexity index is 500. The number of hydrogen-bond acceptors (Lipinski definition) is 2. The van der Waals surface area contributed by atoms with Crippen molar-refractivity contribution in [1.29, 1.82) is 0 Å². The molecule has 1 aliphatic carbocycles. The van der Waals surface area contributed by atoms with Gasteiger partial charge < -0.3 is 9.88 Å². The van der Waals surface area contributed by atoms with Crippen LogP contribution in [-0.2, 0) is 13.1 Å². The molecule has 1 aliphatic rings. The SMILES string of the molecule is c1cc(CNCCCn2ccnc2)cc(C2CC2)c1. The highest BCUT2D eigenvalue weighted by molar-refractivity contribution is 5.29. The van der Waals surface area contributed by atoms with Crippen molar-refractivity contribution in [3.63, 3.8) is 0 Å². The minimum atomic E-state index is 0.848. The molecule has 0 amide bonds. The van der Waals surface area contributed by atoms with Crippen LogP contribution in [0.15, 0.2) is 43.0 Å². The smallest absolute Gasteiger partial charge is 0.0945 e. The number of imidazole rings is 1. The molecule has 0 bridgehead atoms. The van der Waals surface area contributed by atoms with Crippen molar-refractivity contribution in [2.45, 2.75) is 38.3 Å². The fourth-order valence-corrected chi connectivity index (χ4v) is 2.41. The quantitative estimate of drug-likeness (QED) is 0.771. The van der Waals surface area contributed by atoms with Gasteiger partial charge in [0.2, 0.25) is 0 Å². The summed E-state index contributed by atoms with van der Waals surface area (Å²) in [5, 5.41) is 3.52. The van der Waals surface area contributed by atoms with E-state index in [1.165, 1.54) is 24.0 Å². The predicted octanol–water partition coefficient (Wildman–Crippen LogP) is 2.94. The molecule has 100 valence electrons. The lowest BCUT2D eigenvalue weighted by Gasteiger charge is -2.07. The normalized spacial score (nSPS) is 14.7. The monoisotopic (exact) mass is 255 g/mol. The second-order valence-electron chi connectivity index (χ2n) is 5.35. The van der Waals surface area contributed by atoms with Crippen LogP contribution in [0.5, 0.6) is 0 Å². The Kier molecular flexibility index (Phi) is 3.94. The summed E-state index contributed by atoms with van der Waals surface area (Å²) in [6, 6.07) is 9.03. The lowest BCUT2D eigenvalue weighted by molar-refractivity contribution is 0.580. The number of hydrogen-bond donors (Lipinski definition) is 1. The number of benzene rings is 1. The average molecular weight is 255 g/mol. The highest BCUT2D eigenvalue weighted by atomic mass is 15.0. The first-order valence-corrected chi connectivity index (χ1v) is 7.17. The number of rotatable bonds is 7. The molecular weight excluding hydrogens is 234 g/mol. The van der Waals surface area contributed by atoms with Gasteiger partial charge in [-0.2, -0.15) is 0 Å². The summed E-state index contributed by atoms with van der Waals surface area (Å²) in [6.07, 6.45) is 9.61. The first kappa shape index (κ1) is 12.4. The molecule has 3 nitrogen and oxygen atoms in total. The Morgan fingerprint density at radius 1 is 1.32 bits per heavy atom. The molecule has 3 rings (SSSR count). The molecule has 0 atom stereocenters. The van der Waals surface area contributed by atoms with Crippen molar-refractivity contribution >= 4 is 0 Å². The van der Waals surface area contributed by atoms with Gasteiger partial charge in [-0.1, -0.05) is 24.3 Å². The van der Waals surface area contributed by atoms with Crippen LogP contribution in [0.2, 0.25) is 0 Å². The van der Waals surface area contributed by atoms with Crippen LogP contribution in [0, 0.1) is 0 Å². The zero-order chi connectivity index (χ0) is 12.9. The molecule has 1 N–H and O–H groups in total. The predicted molar refractivity (Wildman–Crippen MR) is 77.0 cm³/mol. The minimum Gasteiger partial charge on any atom is -0.337 e. The Morgan fingerprint density at radius 2 is 2.26 bits per heavy atom. The summed E-state index contributed by atoms with van der Waals surface area (Å²) in [6.45, 7) is 3.06. The first-order chi connectivity index (χ1) is 9.42. The standard InChI is InChI=1S/C16H21N3/c1-3-14(11-16(4-1)15-5-6-15)12-17-7-2-9-19-10-8-18-13-19/h1,3-4,8,10-11,13,15,17H,2,5-7,9,12H2. The minimum absolute atomic E-state index is 0.848. The van der Waals surface area contributed by atoms with Gasteiger partial charge in [-0.15, -0.1) is 0 Å². The highest BCUT2D eigenvalue weighted by Gasteiger charge is 2.23. The molecule has 1 saturated carbocycles. The van der Waals surface area contributed by atoms with E-state index < -0.39 is 0 Å². The molecule has 2 aromatic rings. The van der Waals surface area contributed by atoms with Crippen LogP contribution in [0.4, 0.5) is 0 Å². The third kappa shape index (κ3) is 3.67. The van der Waals surface area contributed by atoms with Gasteiger partial charge in [0.25, 0.3) is 0 Å². The summed E-state index contributed by atoms with van der Waals surface area (Å²) < 4.78 is 2.12. The van der Waals surface area contributed by atoms with Gasteiger partial charge in [-0.3, -0.25) is 0 Å². The largest absolute Gasteiger partial charge is 0.337 e. The van der Waals surface area contributed by atoms with Crippen molar-refractivity contribution < 1.29 is 0 Å². The van der Waals surface area contributed by atoms with Gasteiger partial charge in [0, 0.05) is 25.5 Å². The molecule has 0 aliphatic heterocycles. The van der Waals surface area contributed by atoms with Crippen LogP contribution in [0.3, 0.4) is 0 Å². The zero-order valence-electron chi connectivity index (χ0n) is 11.3. The van der Waals surface area contributed by atoms with Crippen LogP contribution in [-0.4, -0.2) is 16.1 Å². The third-order valence-electron chi connectivity index (χ3n) is 3.66. The number of nitrogens with one attached hydrogen (secondary N) is 1. The molecule has 1 heterocycles. The van der Waals surface area contributed by atoms with Gasteiger partial charge in [-0.05, 0) is 42.9 Å². The summed E-state index contributed by atoms with van der Waals surface area (Å²) in [5.74, 6) is 0.848. The fourth-order valence-electron chi connectivity index (χ4n) is 2.41. The van der Waals surface area contributed by atoms with E-state index >= 15 is 0 Å². The molecule has 1 fully saturated rings. The third-order valence-corrected chi connectivity index (χ3v) is 3.66. The molecule has 3 heteroatoms. The van der Waals surface area contributed by atoms with E-state index in [1.807, 2.05) is 18.7 Å². The maximum atomic E-state index is 4.04. The van der Waals surface area contributed by atoms with Crippen LogP contribution in [0.25, 0.3) is 0 Å². The summed E-state index contributed by atoms with van der Waals surface area (Å²) in [7, 11) is 0. The van der Waals surface area contributed by atoms with Crippen molar-refractivity contribution in [3.05, 3.63) is 54.1 Å². The molecule has 1 aromatic heterocycles. The lowest BCUT2D eigenvalue weighted by atomic mass is 10.1. The van der Waals surface area contributed by atoms with E-state index in [4.69, 9.17) is 0 Å². The zero-order valence-corrected chi connectivity index (χ0v) is 11.3. The maximum absolute atomic E-state index is 4.04. The van der Waals surface area contributed by atoms with E-state index in [0.717, 1.165) is 32.0 Å². The Labute approximate surface area is 114 Å². The summed E-state index contributed by atoms with van der Waals surface area (Å²) in [4.78, 5) is 4.04. The van der Waals surface area contributed by atoms with E-state index in [1.54, 1.807) is 0 Å². The first-order valence-electron chi connectivity index (χ1n) is 7.17. The molecule has 0 saturated heterocycles. The van der Waals surface area contributed by atoms with E-state index in [0.29, 0.717) is 0 Å². The fraction of sp³-hybridized carbons (Fsp3) is 0.438. The van der Waals surface area contributed by atoms with Gasteiger partial charge >= 0.3 is 0 Å². The van der Waals surface area contributed by atoms with Crippen molar-refractivity contribution in [3.8, 4) is 0 Å². The van der Waals surface area contributed by atoms with E-state index in [-0.39, 0.29) is 0 Å².